The Morgan fingerprint density at radius 1 is 1.29 bits per heavy atom. The van der Waals surface area contributed by atoms with Gasteiger partial charge in [-0.3, -0.25) is 24.7 Å². The van der Waals surface area contributed by atoms with Crippen molar-refractivity contribution in [2.45, 2.75) is 6.92 Å². The Morgan fingerprint density at radius 3 is 2.41 bits per heavy atom. The first-order valence-electron chi connectivity index (χ1n) is 5.11. The van der Waals surface area contributed by atoms with Crippen LogP contribution in [0.1, 0.15) is 17.4 Å². The second-order valence-electron chi connectivity index (χ2n) is 3.79. The second kappa shape index (κ2) is 4.32. The molecule has 1 saturated heterocycles. The lowest BCUT2D eigenvalue weighted by Crippen LogP contribution is -2.51. The number of hydrogen-bond acceptors (Lipinski definition) is 5. The van der Waals surface area contributed by atoms with E-state index in [1.807, 2.05) is 0 Å². The van der Waals surface area contributed by atoms with Crippen LogP contribution in [-0.4, -0.2) is 35.7 Å². The Hall–Kier alpha value is -2.24. The number of Topliss-reactive ketones (excluding diaryl/α,β-unsaturated/α-hetero) is 1. The molecule has 0 saturated carbocycles. The number of ketones is 1. The highest BCUT2D eigenvalue weighted by molar-refractivity contribution is 6.02. The van der Waals surface area contributed by atoms with E-state index in [1.165, 1.54) is 13.1 Å². The first-order valence-corrected chi connectivity index (χ1v) is 5.11. The molecule has 0 aromatic carbocycles. The van der Waals surface area contributed by atoms with Gasteiger partial charge in [-0.2, -0.15) is 0 Å². The van der Waals surface area contributed by atoms with Gasteiger partial charge in [0.2, 0.25) is 11.8 Å². The summed E-state index contributed by atoms with van der Waals surface area (Å²) in [6, 6.07) is 3.25. The van der Waals surface area contributed by atoms with Crippen LogP contribution in [0.25, 0.3) is 0 Å². The lowest BCUT2D eigenvalue weighted by Gasteiger charge is -2.26. The quantitative estimate of drug-likeness (QED) is 0.562. The smallest absolute Gasteiger partial charge is 0.246 e. The molecule has 1 fully saturated rings. The van der Waals surface area contributed by atoms with E-state index in [-0.39, 0.29) is 30.7 Å². The van der Waals surface area contributed by atoms with Crippen molar-refractivity contribution in [3.8, 4) is 0 Å². The van der Waals surface area contributed by atoms with Crippen molar-refractivity contribution in [2.75, 3.05) is 18.0 Å². The minimum Gasteiger partial charge on any atom is -0.352 e. The van der Waals surface area contributed by atoms with Crippen LogP contribution in [0.4, 0.5) is 5.69 Å². The number of aromatic nitrogens is 1. The molecule has 6 nitrogen and oxygen atoms in total. The third-order valence-corrected chi connectivity index (χ3v) is 2.42. The number of piperazine rings is 1. The summed E-state index contributed by atoms with van der Waals surface area (Å²) >= 11 is 0. The standard InChI is InChI=1S/C11H11N3O3/c1-7(15)9-3-2-8(4-12-9)14-5-10(16)13-11(17)6-14/h2-4H,5-6H2,1H3,(H,13,16,17). The Kier molecular flexibility index (Phi) is 2.86. The normalized spacial score (nSPS) is 15.7. The van der Waals surface area contributed by atoms with Gasteiger partial charge in [0.25, 0.3) is 0 Å². The van der Waals surface area contributed by atoms with Crippen molar-refractivity contribution in [2.24, 2.45) is 0 Å². The molecule has 0 unspecified atom stereocenters. The van der Waals surface area contributed by atoms with E-state index in [0.717, 1.165) is 0 Å². The lowest BCUT2D eigenvalue weighted by molar-refractivity contribution is -0.130. The molecule has 0 aliphatic carbocycles. The maximum Gasteiger partial charge on any atom is 0.246 e. The van der Waals surface area contributed by atoms with Crippen molar-refractivity contribution in [1.29, 1.82) is 0 Å². The van der Waals surface area contributed by atoms with Crippen LogP contribution in [0.2, 0.25) is 0 Å². The lowest BCUT2D eigenvalue weighted by atomic mass is 10.2. The van der Waals surface area contributed by atoms with Crippen LogP contribution in [-0.2, 0) is 9.59 Å². The van der Waals surface area contributed by atoms with E-state index < -0.39 is 0 Å². The first-order chi connectivity index (χ1) is 8.06. The molecule has 88 valence electrons. The fraction of sp³-hybridized carbons (Fsp3) is 0.273. The minimum absolute atomic E-state index is 0.118. The molecule has 2 amide bonds. The number of carbonyl (C=O) groups is 3. The molecule has 1 N–H and O–H groups in total. The highest BCUT2D eigenvalue weighted by Gasteiger charge is 2.22. The molecule has 1 aliphatic rings. The molecular weight excluding hydrogens is 222 g/mol. The summed E-state index contributed by atoms with van der Waals surface area (Å²) in [5, 5.41) is 2.21. The number of imide groups is 1. The molecule has 6 heteroatoms. The number of nitrogens with zero attached hydrogens (tertiary/aromatic N) is 2. The number of anilines is 1. The van der Waals surface area contributed by atoms with E-state index in [1.54, 1.807) is 17.0 Å². The highest BCUT2D eigenvalue weighted by atomic mass is 16.2. The molecule has 1 aliphatic heterocycles. The Labute approximate surface area is 97.6 Å². The zero-order valence-corrected chi connectivity index (χ0v) is 9.27. The number of rotatable bonds is 2. The van der Waals surface area contributed by atoms with E-state index in [9.17, 15) is 14.4 Å². The van der Waals surface area contributed by atoms with Crippen molar-refractivity contribution >= 4 is 23.3 Å². The van der Waals surface area contributed by atoms with Crippen molar-refractivity contribution < 1.29 is 14.4 Å². The van der Waals surface area contributed by atoms with Gasteiger partial charge in [0.15, 0.2) is 5.78 Å². The fourth-order valence-electron chi connectivity index (χ4n) is 1.60. The largest absolute Gasteiger partial charge is 0.352 e. The van der Waals surface area contributed by atoms with Gasteiger partial charge in [-0.1, -0.05) is 0 Å². The molecule has 2 rings (SSSR count). The summed E-state index contributed by atoms with van der Waals surface area (Å²) in [6.07, 6.45) is 1.49. The molecule has 1 aromatic heterocycles. The molecule has 2 heterocycles. The summed E-state index contributed by atoms with van der Waals surface area (Å²) < 4.78 is 0. The molecule has 17 heavy (non-hydrogen) atoms. The molecule has 0 radical (unpaired) electrons. The monoisotopic (exact) mass is 233 g/mol. The Morgan fingerprint density at radius 2 is 1.94 bits per heavy atom. The van der Waals surface area contributed by atoms with Gasteiger partial charge in [0, 0.05) is 6.92 Å². The predicted molar refractivity (Wildman–Crippen MR) is 59.6 cm³/mol. The van der Waals surface area contributed by atoms with E-state index in [2.05, 4.69) is 10.3 Å². The van der Waals surface area contributed by atoms with Crippen molar-refractivity contribution in [3.63, 3.8) is 0 Å². The van der Waals surface area contributed by atoms with Crippen molar-refractivity contribution in [1.82, 2.24) is 10.3 Å². The summed E-state index contributed by atoms with van der Waals surface area (Å²) in [7, 11) is 0. The van der Waals surface area contributed by atoms with Crippen LogP contribution in [0.3, 0.4) is 0 Å². The van der Waals surface area contributed by atoms with Gasteiger partial charge in [-0.15, -0.1) is 0 Å². The number of hydrogen-bond donors (Lipinski definition) is 1. The maximum atomic E-state index is 11.2. The molecule has 0 atom stereocenters. The number of pyridine rings is 1. The summed E-state index contributed by atoms with van der Waals surface area (Å²) in [6.45, 7) is 1.67. The average molecular weight is 233 g/mol. The van der Waals surface area contributed by atoms with Crippen molar-refractivity contribution in [3.05, 3.63) is 24.0 Å². The molecular formula is C11H11N3O3. The van der Waals surface area contributed by atoms with Gasteiger partial charge < -0.3 is 4.90 Å². The summed E-state index contributed by atoms with van der Waals surface area (Å²) in [5.74, 6) is -0.794. The van der Waals surface area contributed by atoms with Crippen LogP contribution < -0.4 is 10.2 Å². The molecule has 0 spiro atoms. The third kappa shape index (κ3) is 2.47. The number of nitrogens with one attached hydrogen (secondary N) is 1. The van der Waals surface area contributed by atoms with Gasteiger partial charge in [-0.25, -0.2) is 0 Å². The van der Waals surface area contributed by atoms with Crippen LogP contribution in [0, 0.1) is 0 Å². The van der Waals surface area contributed by atoms with E-state index in [4.69, 9.17) is 0 Å². The summed E-state index contributed by atoms with van der Waals surface area (Å²) in [5.41, 5.74) is 1.01. The second-order valence-corrected chi connectivity index (χ2v) is 3.79. The summed E-state index contributed by atoms with van der Waals surface area (Å²) in [4.78, 5) is 39.0. The molecule has 0 bridgehead atoms. The average Bonchev–Trinajstić information content (AvgIpc) is 2.28. The van der Waals surface area contributed by atoms with Crippen LogP contribution in [0.15, 0.2) is 18.3 Å². The first kappa shape index (κ1) is 11.3. The topological polar surface area (TPSA) is 79.4 Å². The van der Waals surface area contributed by atoms with Crippen LogP contribution >= 0.6 is 0 Å². The zero-order chi connectivity index (χ0) is 12.4. The minimum atomic E-state index is -0.336. The molecule has 1 aromatic rings. The number of amides is 2. The Bertz CT molecular complexity index is 465. The zero-order valence-electron chi connectivity index (χ0n) is 9.27. The highest BCUT2D eigenvalue weighted by Crippen LogP contribution is 2.14. The maximum absolute atomic E-state index is 11.2. The van der Waals surface area contributed by atoms with E-state index >= 15 is 0 Å². The van der Waals surface area contributed by atoms with Gasteiger partial charge in [-0.05, 0) is 12.1 Å². The predicted octanol–water partition coefficient (Wildman–Crippen LogP) is -0.253. The van der Waals surface area contributed by atoms with Crippen LogP contribution in [0.5, 0.6) is 0 Å². The number of carbonyl (C=O) groups excluding carboxylic acids is 3. The van der Waals surface area contributed by atoms with E-state index in [0.29, 0.717) is 11.4 Å². The Balaban J connectivity index is 2.19. The third-order valence-electron chi connectivity index (χ3n) is 2.42. The van der Waals surface area contributed by atoms with Gasteiger partial charge in [0.1, 0.15) is 5.69 Å². The SMILES string of the molecule is CC(=O)c1ccc(N2CC(=O)NC(=O)C2)cn1. The van der Waals surface area contributed by atoms with Gasteiger partial charge >= 0.3 is 0 Å². The van der Waals surface area contributed by atoms with Gasteiger partial charge in [0.05, 0.1) is 25.0 Å². The fourth-order valence-corrected chi connectivity index (χ4v) is 1.60.